The maximum absolute atomic E-state index is 9.13. The predicted octanol–water partition coefficient (Wildman–Crippen LogP) is 1.77. The fraction of sp³-hybridized carbons (Fsp3) is 0.250. The predicted molar refractivity (Wildman–Crippen MR) is 64.8 cm³/mol. The van der Waals surface area contributed by atoms with Crippen LogP contribution in [0.15, 0.2) is 30.5 Å². The summed E-state index contributed by atoms with van der Waals surface area (Å²) in [6.07, 6.45) is 1.87. The van der Waals surface area contributed by atoms with Gasteiger partial charge in [-0.05, 0) is 31.2 Å². The van der Waals surface area contributed by atoms with Crippen LogP contribution >= 0.6 is 0 Å². The monoisotopic (exact) mass is 233 g/mol. The highest BCUT2D eigenvalue weighted by Crippen LogP contribution is 2.17. The number of ether oxygens (including phenoxy) is 1. The zero-order valence-electron chi connectivity index (χ0n) is 9.63. The van der Waals surface area contributed by atoms with Crippen LogP contribution in [-0.2, 0) is 13.2 Å². The average molecular weight is 233 g/mol. The van der Waals surface area contributed by atoms with Crippen molar-refractivity contribution in [3.05, 3.63) is 36.2 Å². The lowest BCUT2D eigenvalue weighted by molar-refractivity contribution is 0.301. The zero-order valence-corrected chi connectivity index (χ0v) is 9.63. The van der Waals surface area contributed by atoms with Crippen LogP contribution in [0.5, 0.6) is 11.5 Å². The quantitative estimate of drug-likeness (QED) is 0.844. The van der Waals surface area contributed by atoms with Gasteiger partial charge in [0.25, 0.3) is 0 Å². The molecule has 0 fully saturated rings. The number of aromatic hydroxyl groups is 1. The number of aromatic nitrogens is 2. The van der Waals surface area contributed by atoms with Crippen LogP contribution in [0, 0.1) is 0 Å². The molecular formula is C12H15N3O2. The van der Waals surface area contributed by atoms with Crippen LogP contribution in [0.2, 0.25) is 0 Å². The third-order valence-corrected chi connectivity index (χ3v) is 2.42. The van der Waals surface area contributed by atoms with E-state index in [9.17, 15) is 0 Å². The molecular weight excluding hydrogens is 218 g/mol. The van der Waals surface area contributed by atoms with Crippen LogP contribution < -0.4 is 10.5 Å². The standard InChI is InChI=1S/C12H15N3O2/c1-2-15-7-9(14-12(15)13)8-17-11-5-3-10(16)4-6-11/h3-7,16H,2,8H2,1H3,(H2,13,14). The van der Waals surface area contributed by atoms with E-state index in [2.05, 4.69) is 4.98 Å². The van der Waals surface area contributed by atoms with Crippen LogP contribution in [0.3, 0.4) is 0 Å². The number of nitrogens with zero attached hydrogens (tertiary/aromatic N) is 2. The molecule has 0 amide bonds. The van der Waals surface area contributed by atoms with Crippen molar-refractivity contribution in [3.63, 3.8) is 0 Å². The first-order valence-corrected chi connectivity index (χ1v) is 5.42. The minimum atomic E-state index is 0.219. The molecule has 17 heavy (non-hydrogen) atoms. The van der Waals surface area contributed by atoms with Gasteiger partial charge in [0.15, 0.2) is 5.95 Å². The minimum Gasteiger partial charge on any atom is -0.508 e. The molecule has 1 aromatic carbocycles. The summed E-state index contributed by atoms with van der Waals surface area (Å²) >= 11 is 0. The van der Waals surface area contributed by atoms with Gasteiger partial charge in [0.05, 0.1) is 5.69 Å². The van der Waals surface area contributed by atoms with Gasteiger partial charge in [-0.25, -0.2) is 4.98 Å². The highest BCUT2D eigenvalue weighted by Gasteiger charge is 2.04. The molecule has 3 N–H and O–H groups in total. The Morgan fingerprint density at radius 1 is 1.35 bits per heavy atom. The molecule has 0 aliphatic carbocycles. The van der Waals surface area contributed by atoms with Crippen molar-refractivity contribution >= 4 is 5.95 Å². The first-order chi connectivity index (χ1) is 8.19. The second kappa shape index (κ2) is 4.78. The SMILES string of the molecule is CCn1cc(COc2ccc(O)cc2)nc1N. The van der Waals surface area contributed by atoms with Crippen molar-refractivity contribution in [2.45, 2.75) is 20.1 Å². The van der Waals surface area contributed by atoms with Crippen LogP contribution in [0.4, 0.5) is 5.95 Å². The Bertz CT molecular complexity index is 491. The fourth-order valence-electron chi connectivity index (χ4n) is 1.51. The molecule has 0 aliphatic rings. The molecule has 90 valence electrons. The van der Waals surface area contributed by atoms with Gasteiger partial charge in [0.2, 0.25) is 0 Å². The first kappa shape index (κ1) is 11.3. The van der Waals surface area contributed by atoms with E-state index in [1.54, 1.807) is 24.3 Å². The maximum atomic E-state index is 9.13. The summed E-state index contributed by atoms with van der Waals surface area (Å²) in [5.74, 6) is 1.40. The average Bonchev–Trinajstić information content (AvgIpc) is 2.69. The molecule has 1 aromatic heterocycles. The van der Waals surface area contributed by atoms with E-state index < -0.39 is 0 Å². The van der Waals surface area contributed by atoms with Gasteiger partial charge in [0, 0.05) is 12.7 Å². The van der Waals surface area contributed by atoms with E-state index in [-0.39, 0.29) is 5.75 Å². The number of imidazole rings is 1. The molecule has 5 nitrogen and oxygen atoms in total. The molecule has 5 heteroatoms. The lowest BCUT2D eigenvalue weighted by atomic mass is 10.3. The van der Waals surface area contributed by atoms with E-state index in [0.29, 0.717) is 18.3 Å². The van der Waals surface area contributed by atoms with Crippen molar-refractivity contribution in [3.8, 4) is 11.5 Å². The van der Waals surface area contributed by atoms with Crippen molar-refractivity contribution < 1.29 is 9.84 Å². The molecule has 0 aliphatic heterocycles. The third kappa shape index (κ3) is 2.69. The first-order valence-electron chi connectivity index (χ1n) is 5.42. The number of hydrogen-bond acceptors (Lipinski definition) is 4. The highest BCUT2D eigenvalue weighted by atomic mass is 16.5. The number of benzene rings is 1. The molecule has 2 aromatic rings. The second-order valence-corrected chi connectivity index (χ2v) is 3.66. The third-order valence-electron chi connectivity index (χ3n) is 2.42. The molecule has 0 atom stereocenters. The lowest BCUT2D eigenvalue weighted by Gasteiger charge is -2.03. The Morgan fingerprint density at radius 3 is 2.65 bits per heavy atom. The topological polar surface area (TPSA) is 73.3 Å². The molecule has 0 saturated heterocycles. The zero-order chi connectivity index (χ0) is 12.3. The number of nitrogens with two attached hydrogens (primary N) is 1. The summed E-state index contributed by atoms with van der Waals surface area (Å²) in [6.45, 7) is 3.16. The number of phenols is 1. The van der Waals surface area contributed by atoms with Crippen molar-refractivity contribution in [1.82, 2.24) is 9.55 Å². The Morgan fingerprint density at radius 2 is 2.06 bits per heavy atom. The number of rotatable bonds is 4. The maximum Gasteiger partial charge on any atom is 0.200 e. The molecule has 1 heterocycles. The molecule has 2 rings (SSSR count). The molecule has 0 spiro atoms. The van der Waals surface area contributed by atoms with E-state index in [0.717, 1.165) is 12.2 Å². The van der Waals surface area contributed by atoms with Crippen molar-refractivity contribution in [1.29, 1.82) is 0 Å². The molecule has 0 saturated carbocycles. The summed E-state index contributed by atoms with van der Waals surface area (Å²) in [5, 5.41) is 9.13. The van der Waals surface area contributed by atoms with E-state index in [1.165, 1.54) is 0 Å². The summed E-state index contributed by atoms with van der Waals surface area (Å²) < 4.78 is 7.37. The van der Waals surface area contributed by atoms with Crippen LogP contribution in [0.25, 0.3) is 0 Å². The van der Waals surface area contributed by atoms with E-state index in [1.807, 2.05) is 17.7 Å². The Kier molecular flexibility index (Phi) is 3.18. The summed E-state index contributed by atoms with van der Waals surface area (Å²) in [7, 11) is 0. The number of nitrogen functional groups attached to an aromatic ring is 1. The van der Waals surface area contributed by atoms with Gasteiger partial charge in [-0.3, -0.25) is 0 Å². The van der Waals surface area contributed by atoms with Crippen molar-refractivity contribution in [2.24, 2.45) is 0 Å². The van der Waals surface area contributed by atoms with Gasteiger partial charge >= 0.3 is 0 Å². The Labute approximate surface area is 99.5 Å². The highest BCUT2D eigenvalue weighted by molar-refractivity contribution is 5.30. The van der Waals surface area contributed by atoms with Crippen molar-refractivity contribution in [2.75, 3.05) is 5.73 Å². The minimum absolute atomic E-state index is 0.219. The number of aryl methyl sites for hydroxylation is 1. The van der Waals surface area contributed by atoms with Crippen LogP contribution in [0.1, 0.15) is 12.6 Å². The van der Waals surface area contributed by atoms with E-state index >= 15 is 0 Å². The number of anilines is 1. The number of phenolic OH excluding ortho intramolecular Hbond substituents is 1. The normalized spacial score (nSPS) is 10.4. The van der Waals surface area contributed by atoms with Gasteiger partial charge in [0.1, 0.15) is 18.1 Å². The smallest absolute Gasteiger partial charge is 0.200 e. The van der Waals surface area contributed by atoms with Gasteiger partial charge in [-0.2, -0.15) is 0 Å². The summed E-state index contributed by atoms with van der Waals surface area (Å²) in [4.78, 5) is 4.18. The Balaban J connectivity index is 1.99. The Hall–Kier alpha value is -2.17. The van der Waals surface area contributed by atoms with Crippen LogP contribution in [-0.4, -0.2) is 14.7 Å². The largest absolute Gasteiger partial charge is 0.508 e. The van der Waals surface area contributed by atoms with Gasteiger partial charge < -0.3 is 20.1 Å². The second-order valence-electron chi connectivity index (χ2n) is 3.66. The molecule has 0 radical (unpaired) electrons. The fourth-order valence-corrected chi connectivity index (χ4v) is 1.51. The molecule has 0 bridgehead atoms. The lowest BCUT2D eigenvalue weighted by Crippen LogP contribution is -1.98. The van der Waals surface area contributed by atoms with Gasteiger partial charge in [-0.15, -0.1) is 0 Å². The number of hydrogen-bond donors (Lipinski definition) is 2. The summed E-state index contributed by atoms with van der Waals surface area (Å²) in [5.41, 5.74) is 6.49. The van der Waals surface area contributed by atoms with E-state index in [4.69, 9.17) is 15.6 Å². The summed E-state index contributed by atoms with van der Waals surface area (Å²) in [6, 6.07) is 6.56. The molecule has 0 unspecified atom stereocenters. The van der Waals surface area contributed by atoms with Gasteiger partial charge in [-0.1, -0.05) is 0 Å².